The lowest BCUT2D eigenvalue weighted by Gasteiger charge is -2.26. The van der Waals surface area contributed by atoms with Crippen molar-refractivity contribution in [3.8, 4) is 5.75 Å². The number of furan rings is 1. The first-order chi connectivity index (χ1) is 13.1. The lowest BCUT2D eigenvalue weighted by atomic mass is 10.0. The summed E-state index contributed by atoms with van der Waals surface area (Å²) in [7, 11) is 0. The molecule has 1 aliphatic rings. The predicted octanol–water partition coefficient (Wildman–Crippen LogP) is 4.26. The summed E-state index contributed by atoms with van der Waals surface area (Å²) in [5.41, 5.74) is 1.79. The van der Waals surface area contributed by atoms with Crippen molar-refractivity contribution >= 4 is 32.8 Å². The molecule has 0 atom stereocenters. The lowest BCUT2D eigenvalue weighted by Crippen LogP contribution is -2.29. The Morgan fingerprint density at radius 3 is 2.74 bits per heavy atom. The van der Waals surface area contributed by atoms with Crippen LogP contribution in [0.25, 0.3) is 32.8 Å². The largest absolute Gasteiger partial charge is 0.508 e. The molecule has 0 aliphatic carbocycles. The van der Waals surface area contributed by atoms with Crippen LogP contribution < -0.4 is 5.56 Å². The molecule has 5 nitrogen and oxygen atoms in total. The fourth-order valence-corrected chi connectivity index (χ4v) is 4.15. The maximum Gasteiger partial charge on any atom is 0.260 e. The molecule has 4 aromatic rings. The van der Waals surface area contributed by atoms with E-state index in [1.165, 1.54) is 24.6 Å². The van der Waals surface area contributed by atoms with Crippen LogP contribution in [0.5, 0.6) is 5.75 Å². The van der Waals surface area contributed by atoms with Gasteiger partial charge in [-0.1, -0.05) is 6.42 Å². The third kappa shape index (κ3) is 2.59. The van der Waals surface area contributed by atoms with Gasteiger partial charge in [-0.2, -0.15) is 0 Å². The van der Waals surface area contributed by atoms with Crippen LogP contribution in [0.1, 0.15) is 24.8 Å². The Bertz CT molecular complexity index is 1240. The molecule has 1 saturated heterocycles. The molecular formula is C21H19FN2O3. The number of piperidine rings is 1. The Morgan fingerprint density at radius 1 is 1.11 bits per heavy atom. The number of nitrogens with zero attached hydrogens (tertiary/aromatic N) is 1. The van der Waals surface area contributed by atoms with Crippen molar-refractivity contribution in [2.75, 3.05) is 13.1 Å². The molecule has 0 bridgehead atoms. The summed E-state index contributed by atoms with van der Waals surface area (Å²) in [5, 5.41) is 12.0. The van der Waals surface area contributed by atoms with Crippen LogP contribution >= 0.6 is 0 Å². The SMILES string of the molecule is O=c1[nH]c2ccc(F)cc2c2oc3ccc(O)c(CN4CCCCC4)c3c12. The van der Waals surface area contributed by atoms with E-state index in [1.807, 2.05) is 0 Å². The van der Waals surface area contributed by atoms with Crippen LogP contribution in [-0.4, -0.2) is 28.1 Å². The van der Waals surface area contributed by atoms with Crippen LogP contribution in [0.4, 0.5) is 4.39 Å². The Balaban J connectivity index is 1.82. The average Bonchev–Trinajstić information content (AvgIpc) is 3.06. The second kappa shape index (κ2) is 6.09. The molecule has 138 valence electrons. The van der Waals surface area contributed by atoms with Gasteiger partial charge in [-0.25, -0.2) is 4.39 Å². The molecule has 3 heterocycles. The summed E-state index contributed by atoms with van der Waals surface area (Å²) in [6.45, 7) is 2.49. The summed E-state index contributed by atoms with van der Waals surface area (Å²) in [5.74, 6) is -0.248. The number of pyridine rings is 1. The van der Waals surface area contributed by atoms with Gasteiger partial charge in [0.25, 0.3) is 5.56 Å². The van der Waals surface area contributed by atoms with Gasteiger partial charge in [-0.15, -0.1) is 0 Å². The van der Waals surface area contributed by atoms with Gasteiger partial charge in [0.15, 0.2) is 0 Å². The zero-order chi connectivity index (χ0) is 18.5. The Hall–Kier alpha value is -2.86. The summed E-state index contributed by atoms with van der Waals surface area (Å²) in [4.78, 5) is 17.9. The molecule has 5 rings (SSSR count). The van der Waals surface area contributed by atoms with Crippen LogP contribution in [0.15, 0.2) is 39.5 Å². The van der Waals surface area contributed by atoms with Gasteiger partial charge in [-0.3, -0.25) is 9.69 Å². The Morgan fingerprint density at radius 2 is 1.93 bits per heavy atom. The Labute approximate surface area is 154 Å². The van der Waals surface area contributed by atoms with Crippen LogP contribution in [0.3, 0.4) is 0 Å². The first kappa shape index (κ1) is 16.3. The van der Waals surface area contributed by atoms with Crippen LogP contribution in [0.2, 0.25) is 0 Å². The van der Waals surface area contributed by atoms with E-state index in [0.29, 0.717) is 44.9 Å². The highest BCUT2D eigenvalue weighted by molar-refractivity contribution is 6.14. The predicted molar refractivity (Wildman–Crippen MR) is 103 cm³/mol. The first-order valence-electron chi connectivity index (χ1n) is 9.23. The number of nitrogens with one attached hydrogen (secondary N) is 1. The van der Waals surface area contributed by atoms with Gasteiger partial charge in [0.05, 0.1) is 10.9 Å². The topological polar surface area (TPSA) is 69.5 Å². The highest BCUT2D eigenvalue weighted by Crippen LogP contribution is 2.37. The van der Waals surface area contributed by atoms with Gasteiger partial charge < -0.3 is 14.5 Å². The number of aromatic nitrogens is 1. The number of phenols is 1. The highest BCUT2D eigenvalue weighted by atomic mass is 19.1. The van der Waals surface area contributed by atoms with Crippen molar-refractivity contribution in [1.82, 2.24) is 9.88 Å². The zero-order valence-electron chi connectivity index (χ0n) is 14.7. The average molecular weight is 366 g/mol. The summed E-state index contributed by atoms with van der Waals surface area (Å²) >= 11 is 0. The Kier molecular flexibility index (Phi) is 3.68. The molecular weight excluding hydrogens is 347 g/mol. The lowest BCUT2D eigenvalue weighted by molar-refractivity contribution is 0.219. The molecule has 0 unspecified atom stereocenters. The molecule has 2 aromatic carbocycles. The summed E-state index contributed by atoms with van der Waals surface area (Å²) in [6.07, 6.45) is 3.49. The molecule has 0 spiro atoms. The van der Waals surface area contributed by atoms with E-state index in [2.05, 4.69) is 9.88 Å². The molecule has 0 radical (unpaired) electrons. The molecule has 27 heavy (non-hydrogen) atoms. The minimum absolute atomic E-state index is 0.148. The second-order valence-corrected chi connectivity index (χ2v) is 7.22. The number of H-pyrrole nitrogens is 1. The van der Waals surface area contributed by atoms with Crippen molar-refractivity contribution in [3.05, 3.63) is 52.1 Å². The number of rotatable bonds is 2. The fourth-order valence-electron chi connectivity index (χ4n) is 4.15. The van der Waals surface area contributed by atoms with Crippen molar-refractivity contribution in [1.29, 1.82) is 0 Å². The van der Waals surface area contributed by atoms with E-state index in [9.17, 15) is 14.3 Å². The number of halogens is 1. The minimum atomic E-state index is -0.396. The van der Waals surface area contributed by atoms with E-state index in [1.54, 1.807) is 12.1 Å². The number of fused-ring (bicyclic) bond motifs is 5. The molecule has 1 fully saturated rings. The van der Waals surface area contributed by atoms with Gasteiger partial charge in [-0.05, 0) is 56.3 Å². The number of likely N-dealkylation sites (tertiary alicyclic amines) is 1. The van der Waals surface area contributed by atoms with E-state index in [-0.39, 0.29) is 11.3 Å². The third-order valence-corrected chi connectivity index (χ3v) is 5.47. The van der Waals surface area contributed by atoms with Gasteiger partial charge in [0, 0.05) is 22.9 Å². The molecule has 0 amide bonds. The van der Waals surface area contributed by atoms with Crippen molar-refractivity contribution < 1.29 is 13.9 Å². The minimum Gasteiger partial charge on any atom is -0.508 e. The van der Waals surface area contributed by atoms with E-state index in [4.69, 9.17) is 4.42 Å². The summed E-state index contributed by atoms with van der Waals surface area (Å²) in [6, 6.07) is 7.46. The molecule has 6 heteroatoms. The quantitative estimate of drug-likeness (QED) is 0.556. The molecule has 2 aromatic heterocycles. The zero-order valence-corrected chi connectivity index (χ0v) is 14.7. The smallest absolute Gasteiger partial charge is 0.260 e. The third-order valence-electron chi connectivity index (χ3n) is 5.47. The molecule has 0 saturated carbocycles. The van der Waals surface area contributed by atoms with Gasteiger partial charge >= 0.3 is 0 Å². The monoisotopic (exact) mass is 366 g/mol. The van der Waals surface area contributed by atoms with Crippen molar-refractivity contribution in [2.24, 2.45) is 0 Å². The number of aromatic hydroxyl groups is 1. The van der Waals surface area contributed by atoms with Crippen LogP contribution in [-0.2, 0) is 6.54 Å². The normalized spacial score (nSPS) is 15.9. The summed E-state index contributed by atoms with van der Waals surface area (Å²) < 4.78 is 19.8. The van der Waals surface area contributed by atoms with Gasteiger partial charge in [0.2, 0.25) is 0 Å². The van der Waals surface area contributed by atoms with Crippen molar-refractivity contribution in [3.63, 3.8) is 0 Å². The number of hydrogen-bond acceptors (Lipinski definition) is 4. The van der Waals surface area contributed by atoms with Gasteiger partial charge in [0.1, 0.15) is 22.7 Å². The number of phenolic OH excluding ortho intramolecular Hbond substituents is 1. The number of benzene rings is 2. The van der Waals surface area contributed by atoms with E-state index >= 15 is 0 Å². The number of hydrogen-bond donors (Lipinski definition) is 2. The van der Waals surface area contributed by atoms with Crippen molar-refractivity contribution in [2.45, 2.75) is 25.8 Å². The van der Waals surface area contributed by atoms with E-state index in [0.717, 1.165) is 25.9 Å². The second-order valence-electron chi connectivity index (χ2n) is 7.22. The number of aromatic amines is 1. The maximum atomic E-state index is 13.8. The fraction of sp³-hybridized carbons (Fsp3) is 0.286. The standard InChI is InChI=1S/C21H19FN2O3/c22-12-4-5-15-13(10-12)20-19(21(26)23-15)18-14(11-24-8-2-1-3-9-24)16(25)6-7-17(18)27-20/h4-7,10,25H,1-3,8-9,11H2,(H,23,26). The highest BCUT2D eigenvalue weighted by Gasteiger charge is 2.21. The van der Waals surface area contributed by atoms with Crippen LogP contribution in [0, 0.1) is 5.82 Å². The molecule has 1 aliphatic heterocycles. The molecule has 2 N–H and O–H groups in total. The first-order valence-corrected chi connectivity index (χ1v) is 9.23. The maximum absolute atomic E-state index is 13.8. The van der Waals surface area contributed by atoms with E-state index < -0.39 is 5.82 Å².